The van der Waals surface area contributed by atoms with E-state index >= 15 is 0 Å². The van der Waals surface area contributed by atoms with Gasteiger partial charge in [0.2, 0.25) is 5.91 Å². The van der Waals surface area contributed by atoms with E-state index in [2.05, 4.69) is 5.32 Å². The Kier molecular flexibility index (Phi) is 1.64. The lowest BCUT2D eigenvalue weighted by molar-refractivity contribution is -0.119. The third kappa shape index (κ3) is 1.33. The van der Waals surface area contributed by atoms with Gasteiger partial charge in [-0.05, 0) is 6.42 Å². The fraction of sp³-hybridized carbons (Fsp3) is 0.857. The normalized spacial score (nSPS) is 38.8. The van der Waals surface area contributed by atoms with Crippen molar-refractivity contribution < 1.29 is 13.2 Å². The van der Waals surface area contributed by atoms with Crippen LogP contribution in [0.5, 0.6) is 0 Å². The van der Waals surface area contributed by atoms with Gasteiger partial charge >= 0.3 is 0 Å². The van der Waals surface area contributed by atoms with Crippen LogP contribution in [-0.2, 0) is 14.6 Å². The number of carbonyl (C=O) groups is 1. The molecule has 0 bridgehead atoms. The lowest BCUT2D eigenvalue weighted by atomic mass is 10.0. The average Bonchev–Trinajstić information content (AvgIpc) is 2.26. The van der Waals surface area contributed by atoms with E-state index in [9.17, 15) is 13.2 Å². The highest BCUT2D eigenvalue weighted by Crippen LogP contribution is 2.26. The molecule has 2 fully saturated rings. The molecular formula is C7H11NO3S. The SMILES string of the molecule is O=C1CC2CS(=O)(=O)CCC2N1. The molecule has 0 spiro atoms. The van der Waals surface area contributed by atoms with Crippen LogP contribution >= 0.6 is 0 Å². The van der Waals surface area contributed by atoms with Crippen molar-refractivity contribution in [2.45, 2.75) is 18.9 Å². The molecule has 0 aromatic rings. The number of fused-ring (bicyclic) bond motifs is 1. The van der Waals surface area contributed by atoms with Gasteiger partial charge in [-0.1, -0.05) is 0 Å². The van der Waals surface area contributed by atoms with Crippen molar-refractivity contribution in [1.29, 1.82) is 0 Å². The van der Waals surface area contributed by atoms with Crippen molar-refractivity contribution in [3.63, 3.8) is 0 Å². The first-order valence-corrected chi connectivity index (χ1v) is 5.89. The van der Waals surface area contributed by atoms with Gasteiger partial charge in [0, 0.05) is 18.4 Å². The summed E-state index contributed by atoms with van der Waals surface area (Å²) in [5.41, 5.74) is 0. The minimum Gasteiger partial charge on any atom is -0.353 e. The molecule has 2 aliphatic rings. The molecule has 2 atom stereocenters. The minimum atomic E-state index is -2.85. The summed E-state index contributed by atoms with van der Waals surface area (Å²) in [7, 11) is -2.85. The predicted octanol–water partition coefficient (Wildman–Crippen LogP) is -0.690. The van der Waals surface area contributed by atoms with Gasteiger partial charge in [-0.25, -0.2) is 8.42 Å². The molecule has 1 amide bonds. The molecule has 12 heavy (non-hydrogen) atoms. The van der Waals surface area contributed by atoms with Gasteiger partial charge < -0.3 is 5.32 Å². The molecule has 0 radical (unpaired) electrons. The van der Waals surface area contributed by atoms with Gasteiger partial charge in [-0.2, -0.15) is 0 Å². The molecular weight excluding hydrogens is 178 g/mol. The summed E-state index contributed by atoms with van der Waals surface area (Å²) >= 11 is 0. The number of rotatable bonds is 0. The molecule has 2 saturated heterocycles. The lowest BCUT2D eigenvalue weighted by Gasteiger charge is -2.23. The van der Waals surface area contributed by atoms with Crippen molar-refractivity contribution in [2.75, 3.05) is 11.5 Å². The van der Waals surface area contributed by atoms with Crippen molar-refractivity contribution in [2.24, 2.45) is 5.92 Å². The Bertz CT molecular complexity index is 309. The number of sulfone groups is 1. The van der Waals surface area contributed by atoms with E-state index in [1.54, 1.807) is 0 Å². The second-order valence-electron chi connectivity index (χ2n) is 3.54. The highest BCUT2D eigenvalue weighted by molar-refractivity contribution is 7.91. The maximum Gasteiger partial charge on any atom is 0.220 e. The molecule has 0 saturated carbocycles. The zero-order valence-electron chi connectivity index (χ0n) is 6.62. The van der Waals surface area contributed by atoms with Crippen LogP contribution in [0.25, 0.3) is 0 Å². The molecule has 0 aromatic heterocycles. The van der Waals surface area contributed by atoms with Gasteiger partial charge in [-0.15, -0.1) is 0 Å². The van der Waals surface area contributed by atoms with Crippen LogP contribution in [0.15, 0.2) is 0 Å². The summed E-state index contributed by atoms with van der Waals surface area (Å²) in [6.45, 7) is 0. The predicted molar refractivity (Wildman–Crippen MR) is 43.3 cm³/mol. The van der Waals surface area contributed by atoms with Gasteiger partial charge in [0.25, 0.3) is 0 Å². The van der Waals surface area contributed by atoms with Crippen LogP contribution < -0.4 is 5.32 Å². The first-order valence-electron chi connectivity index (χ1n) is 4.07. The Morgan fingerprint density at radius 3 is 2.92 bits per heavy atom. The number of nitrogens with one attached hydrogen (secondary N) is 1. The second-order valence-corrected chi connectivity index (χ2v) is 5.77. The maximum atomic E-state index is 11.2. The van der Waals surface area contributed by atoms with Crippen LogP contribution in [0.1, 0.15) is 12.8 Å². The maximum absolute atomic E-state index is 11.2. The Morgan fingerprint density at radius 2 is 2.17 bits per heavy atom. The molecule has 2 unspecified atom stereocenters. The number of hydrogen-bond donors (Lipinski definition) is 1. The molecule has 5 heteroatoms. The third-order valence-electron chi connectivity index (χ3n) is 2.57. The lowest BCUT2D eigenvalue weighted by Crippen LogP contribution is -2.38. The third-order valence-corrected chi connectivity index (χ3v) is 4.36. The van der Waals surface area contributed by atoms with E-state index in [0.29, 0.717) is 12.8 Å². The molecule has 0 aliphatic carbocycles. The number of hydrogen-bond acceptors (Lipinski definition) is 3. The van der Waals surface area contributed by atoms with Crippen molar-refractivity contribution >= 4 is 15.7 Å². The molecule has 2 aliphatic heterocycles. The highest BCUT2D eigenvalue weighted by atomic mass is 32.2. The summed E-state index contributed by atoms with van der Waals surface area (Å²) in [4.78, 5) is 10.9. The summed E-state index contributed by atoms with van der Waals surface area (Å²) < 4.78 is 22.3. The minimum absolute atomic E-state index is 0.00194. The topological polar surface area (TPSA) is 63.2 Å². The summed E-state index contributed by atoms with van der Waals surface area (Å²) in [5, 5.41) is 2.79. The van der Waals surface area contributed by atoms with E-state index in [1.807, 2.05) is 0 Å². The summed E-state index contributed by atoms with van der Waals surface area (Å²) in [5.74, 6) is 0.462. The van der Waals surface area contributed by atoms with E-state index in [1.165, 1.54) is 0 Å². The van der Waals surface area contributed by atoms with Crippen LogP contribution in [0.2, 0.25) is 0 Å². The van der Waals surface area contributed by atoms with Crippen molar-refractivity contribution in [3.05, 3.63) is 0 Å². The zero-order valence-corrected chi connectivity index (χ0v) is 7.43. The number of carbonyl (C=O) groups excluding carboxylic acids is 1. The Morgan fingerprint density at radius 1 is 1.42 bits per heavy atom. The first-order chi connectivity index (χ1) is 5.57. The van der Waals surface area contributed by atoms with Gasteiger partial charge in [0.1, 0.15) is 0 Å². The van der Waals surface area contributed by atoms with Gasteiger partial charge in [0.05, 0.1) is 11.5 Å². The van der Waals surface area contributed by atoms with Crippen LogP contribution in [0, 0.1) is 5.92 Å². The molecule has 0 aromatic carbocycles. The van der Waals surface area contributed by atoms with Gasteiger partial charge in [-0.3, -0.25) is 4.79 Å². The average molecular weight is 189 g/mol. The Balaban J connectivity index is 2.17. The smallest absolute Gasteiger partial charge is 0.220 e. The standard InChI is InChI=1S/C7H11NO3S/c9-7-3-5-4-12(10,11)2-1-6(5)8-7/h5-6H,1-4H2,(H,8,9). The van der Waals surface area contributed by atoms with E-state index in [4.69, 9.17) is 0 Å². The Hall–Kier alpha value is -0.580. The molecule has 2 heterocycles. The fourth-order valence-electron chi connectivity index (χ4n) is 1.96. The molecule has 1 N–H and O–H groups in total. The van der Waals surface area contributed by atoms with Crippen LogP contribution in [0.3, 0.4) is 0 Å². The quantitative estimate of drug-likeness (QED) is 0.548. The van der Waals surface area contributed by atoms with E-state index in [-0.39, 0.29) is 29.4 Å². The molecule has 68 valence electrons. The van der Waals surface area contributed by atoms with Crippen LogP contribution in [-0.4, -0.2) is 31.9 Å². The van der Waals surface area contributed by atoms with Crippen molar-refractivity contribution in [3.8, 4) is 0 Å². The van der Waals surface area contributed by atoms with Crippen molar-refractivity contribution in [1.82, 2.24) is 5.32 Å². The largest absolute Gasteiger partial charge is 0.353 e. The highest BCUT2D eigenvalue weighted by Gasteiger charge is 2.39. The molecule has 2 rings (SSSR count). The molecule has 4 nitrogen and oxygen atoms in total. The Labute approximate surface area is 71.3 Å². The van der Waals surface area contributed by atoms with Crippen LogP contribution in [0.4, 0.5) is 0 Å². The monoisotopic (exact) mass is 189 g/mol. The second kappa shape index (κ2) is 2.45. The summed E-state index contributed by atoms with van der Waals surface area (Å²) in [6, 6.07) is 0.126. The van der Waals surface area contributed by atoms with E-state index < -0.39 is 9.84 Å². The van der Waals surface area contributed by atoms with E-state index in [0.717, 1.165) is 0 Å². The van der Waals surface area contributed by atoms with Gasteiger partial charge in [0.15, 0.2) is 9.84 Å². The first kappa shape index (κ1) is 8.04. The fourth-order valence-corrected chi connectivity index (χ4v) is 3.75. The summed E-state index contributed by atoms with van der Waals surface area (Å²) in [6.07, 6.45) is 0.989. The zero-order chi connectivity index (χ0) is 8.77. The number of amides is 1.